The van der Waals surface area contributed by atoms with Crippen LogP contribution in [0, 0.1) is 0 Å². The van der Waals surface area contributed by atoms with Crippen molar-refractivity contribution in [3.63, 3.8) is 0 Å². The van der Waals surface area contributed by atoms with E-state index in [4.69, 9.17) is 0 Å². The fourth-order valence-corrected chi connectivity index (χ4v) is 3.73. The van der Waals surface area contributed by atoms with Crippen LogP contribution < -0.4 is 0 Å². The van der Waals surface area contributed by atoms with E-state index in [9.17, 15) is 19.8 Å². The van der Waals surface area contributed by atoms with Crippen LogP contribution in [0.4, 0.5) is 0 Å². The molecule has 156 valence electrons. The van der Waals surface area contributed by atoms with E-state index in [1.54, 1.807) is 24.3 Å². The van der Waals surface area contributed by atoms with E-state index < -0.39 is 11.9 Å². The van der Waals surface area contributed by atoms with Gasteiger partial charge in [0.15, 0.2) is 0 Å². The van der Waals surface area contributed by atoms with Gasteiger partial charge in [-0.05, 0) is 40.5 Å². The number of hydrogen-bond acceptors (Lipinski definition) is 2. The summed E-state index contributed by atoms with van der Waals surface area (Å²) in [7, 11) is 0. The molecule has 0 spiro atoms. The highest BCUT2D eigenvalue weighted by atomic mass is 16.4. The Morgan fingerprint density at radius 3 is 2.00 bits per heavy atom. The third kappa shape index (κ3) is 4.33. The van der Waals surface area contributed by atoms with Crippen molar-refractivity contribution in [2.45, 2.75) is 20.3 Å². The van der Waals surface area contributed by atoms with Gasteiger partial charge in [-0.15, -0.1) is 0 Å². The molecule has 0 bridgehead atoms. The van der Waals surface area contributed by atoms with Crippen LogP contribution in [0.3, 0.4) is 0 Å². The number of fused-ring (bicyclic) bond motifs is 1. The van der Waals surface area contributed by atoms with E-state index in [0.29, 0.717) is 16.5 Å². The van der Waals surface area contributed by atoms with Crippen molar-refractivity contribution >= 4 is 28.3 Å². The van der Waals surface area contributed by atoms with E-state index in [-0.39, 0.29) is 11.1 Å². The minimum atomic E-state index is -1.05. The first-order chi connectivity index (χ1) is 15.1. The first-order valence-electron chi connectivity index (χ1n) is 10.2. The smallest absolute Gasteiger partial charge is 0.336 e. The second kappa shape index (κ2) is 9.72. The first kappa shape index (κ1) is 21.8. The van der Waals surface area contributed by atoms with Crippen molar-refractivity contribution in [1.82, 2.24) is 0 Å². The molecular formula is C27H24O4. The molecule has 0 saturated carbocycles. The van der Waals surface area contributed by atoms with Crippen LogP contribution in [0.15, 0.2) is 85.0 Å². The molecule has 4 nitrogen and oxygen atoms in total. The van der Waals surface area contributed by atoms with Crippen LogP contribution in [-0.2, 0) is 0 Å². The van der Waals surface area contributed by atoms with Crippen molar-refractivity contribution in [1.29, 1.82) is 0 Å². The maximum absolute atomic E-state index is 12.1. The predicted molar refractivity (Wildman–Crippen MR) is 126 cm³/mol. The number of aromatic carboxylic acids is 2. The molecule has 0 aliphatic heterocycles. The zero-order valence-electron chi connectivity index (χ0n) is 17.5. The van der Waals surface area contributed by atoms with Gasteiger partial charge in [0, 0.05) is 11.1 Å². The number of hydrogen-bond donors (Lipinski definition) is 2. The Hall–Kier alpha value is -3.92. The molecule has 0 fully saturated rings. The fourth-order valence-electron chi connectivity index (χ4n) is 3.73. The van der Waals surface area contributed by atoms with Crippen molar-refractivity contribution in [3.05, 3.63) is 102 Å². The van der Waals surface area contributed by atoms with Crippen molar-refractivity contribution in [2.75, 3.05) is 0 Å². The lowest BCUT2D eigenvalue weighted by atomic mass is 9.85. The molecule has 0 heterocycles. The molecule has 4 heteroatoms. The van der Waals surface area contributed by atoms with Gasteiger partial charge in [0.2, 0.25) is 0 Å². The summed E-state index contributed by atoms with van der Waals surface area (Å²) < 4.78 is 0. The quantitative estimate of drug-likeness (QED) is 0.492. The third-order valence-electron chi connectivity index (χ3n) is 4.98. The van der Waals surface area contributed by atoms with E-state index >= 15 is 0 Å². The van der Waals surface area contributed by atoms with Gasteiger partial charge in [-0.25, -0.2) is 9.59 Å². The van der Waals surface area contributed by atoms with E-state index in [1.807, 2.05) is 74.6 Å². The molecule has 31 heavy (non-hydrogen) atoms. The number of allylic oxidation sites excluding steroid dienone is 6. The topological polar surface area (TPSA) is 74.6 Å². The Balaban J connectivity index is 0.00000132. The van der Waals surface area contributed by atoms with Crippen molar-refractivity contribution in [2.24, 2.45) is 0 Å². The van der Waals surface area contributed by atoms with Gasteiger partial charge in [0.05, 0.1) is 11.1 Å². The summed E-state index contributed by atoms with van der Waals surface area (Å²) in [5.41, 5.74) is 2.80. The molecule has 0 saturated heterocycles. The van der Waals surface area contributed by atoms with E-state index in [0.717, 1.165) is 22.9 Å². The molecule has 0 atom stereocenters. The summed E-state index contributed by atoms with van der Waals surface area (Å²) in [4.78, 5) is 24.1. The van der Waals surface area contributed by atoms with Crippen molar-refractivity contribution < 1.29 is 19.8 Å². The number of rotatable bonds is 4. The second-order valence-electron chi connectivity index (χ2n) is 6.74. The van der Waals surface area contributed by atoms with Gasteiger partial charge in [-0.3, -0.25) is 0 Å². The number of carboxylic acids is 2. The van der Waals surface area contributed by atoms with Crippen LogP contribution >= 0.6 is 0 Å². The number of carbonyl (C=O) groups is 2. The molecule has 2 N–H and O–H groups in total. The molecule has 1 aliphatic rings. The molecular weight excluding hydrogens is 388 g/mol. The Kier molecular flexibility index (Phi) is 6.83. The van der Waals surface area contributed by atoms with Gasteiger partial charge in [-0.2, -0.15) is 0 Å². The second-order valence-corrected chi connectivity index (χ2v) is 6.74. The van der Waals surface area contributed by atoms with Crippen molar-refractivity contribution in [3.8, 4) is 11.1 Å². The lowest BCUT2D eigenvalue weighted by molar-refractivity contribution is 0.0687. The summed E-state index contributed by atoms with van der Waals surface area (Å²) in [5, 5.41) is 21.2. The molecule has 0 radical (unpaired) electrons. The third-order valence-corrected chi connectivity index (χ3v) is 4.98. The van der Waals surface area contributed by atoms with Crippen LogP contribution in [0.25, 0.3) is 27.5 Å². The summed E-state index contributed by atoms with van der Waals surface area (Å²) in [5.74, 6) is -2.10. The summed E-state index contributed by atoms with van der Waals surface area (Å²) in [6.45, 7) is 4.00. The SMILES string of the molecule is CC.O=C(O)c1ccc2ccc(C(=O)O)c(-c3ccccc3)c2c1C1=CC=CCC=C1. The molecule has 3 aromatic rings. The van der Waals surface area contributed by atoms with E-state index in [1.165, 1.54) is 0 Å². The highest BCUT2D eigenvalue weighted by molar-refractivity contribution is 6.15. The highest BCUT2D eigenvalue weighted by Gasteiger charge is 2.22. The van der Waals surface area contributed by atoms with Gasteiger partial charge >= 0.3 is 11.9 Å². The summed E-state index contributed by atoms with van der Waals surface area (Å²) in [6, 6.07) is 15.9. The molecule has 0 amide bonds. The van der Waals surface area contributed by atoms with Gasteiger partial charge in [0.1, 0.15) is 0 Å². The molecule has 1 aliphatic carbocycles. The van der Waals surface area contributed by atoms with Crippen LogP contribution in [0.5, 0.6) is 0 Å². The van der Waals surface area contributed by atoms with Crippen LogP contribution in [0.1, 0.15) is 46.5 Å². The molecule has 3 aromatic carbocycles. The Labute approximate surface area is 181 Å². The van der Waals surface area contributed by atoms with Gasteiger partial charge in [0.25, 0.3) is 0 Å². The molecule has 4 rings (SSSR count). The Bertz CT molecular complexity index is 1210. The maximum atomic E-state index is 12.1. The predicted octanol–water partition coefficient (Wildman–Crippen LogP) is 6.83. The molecule has 0 aromatic heterocycles. The summed E-state index contributed by atoms with van der Waals surface area (Å²) in [6.07, 6.45) is 10.3. The van der Waals surface area contributed by atoms with Gasteiger partial charge in [-0.1, -0.05) is 86.7 Å². The Morgan fingerprint density at radius 2 is 1.39 bits per heavy atom. The normalized spacial score (nSPS) is 12.5. The lowest BCUT2D eigenvalue weighted by Crippen LogP contribution is -2.06. The maximum Gasteiger partial charge on any atom is 0.336 e. The fraction of sp³-hybridized carbons (Fsp3) is 0.111. The summed E-state index contributed by atoms with van der Waals surface area (Å²) >= 11 is 0. The Morgan fingerprint density at radius 1 is 0.774 bits per heavy atom. The van der Waals surface area contributed by atoms with Crippen LogP contribution in [0.2, 0.25) is 0 Å². The zero-order valence-corrected chi connectivity index (χ0v) is 17.5. The van der Waals surface area contributed by atoms with Crippen LogP contribution in [-0.4, -0.2) is 22.2 Å². The monoisotopic (exact) mass is 412 g/mol. The highest BCUT2D eigenvalue weighted by Crippen LogP contribution is 2.39. The van der Waals surface area contributed by atoms with Gasteiger partial charge < -0.3 is 10.2 Å². The first-order valence-corrected chi connectivity index (χ1v) is 10.2. The zero-order chi connectivity index (χ0) is 22.4. The van der Waals surface area contributed by atoms with E-state index in [2.05, 4.69) is 0 Å². The minimum absolute atomic E-state index is 0.140. The standard InChI is InChI=1S/C25H18O4.C2H6/c26-24(27)19-14-12-18-13-15-20(25(28)29)22(17-10-6-3-7-11-17)23(18)21(19)16-8-4-1-2-5-9-16;1-2/h1,3-15H,2H2,(H,26,27)(H,28,29);1-2H3. The lowest BCUT2D eigenvalue weighted by Gasteiger charge is -2.17. The largest absolute Gasteiger partial charge is 0.478 e. The number of carboxylic acid groups (broad SMARTS) is 2. The number of benzene rings is 3. The average Bonchev–Trinajstić information content (AvgIpc) is 3.08. The molecule has 0 unspecified atom stereocenters. The average molecular weight is 412 g/mol. The minimum Gasteiger partial charge on any atom is -0.478 e.